The molecule has 0 saturated carbocycles. The average Bonchev–Trinajstić information content (AvgIpc) is 3.48. The normalized spacial score (nSPS) is 11.2. The number of tetrazole rings is 1. The molecular formula is C21H13ClF3N9O3. The molecule has 0 bridgehead atoms. The van der Waals surface area contributed by atoms with Crippen molar-refractivity contribution in [3.8, 4) is 11.9 Å². The molecule has 0 aliphatic heterocycles. The number of nitrogens with one attached hydrogen (secondary N) is 1. The van der Waals surface area contributed by atoms with Crippen molar-refractivity contribution >= 4 is 29.2 Å². The summed E-state index contributed by atoms with van der Waals surface area (Å²) in [6.45, 7) is 1.12. The van der Waals surface area contributed by atoms with Crippen molar-refractivity contribution in [3.05, 3.63) is 75.5 Å². The largest absolute Gasteiger partial charge is 0.478 e. The Hall–Kier alpha value is -4.84. The lowest BCUT2D eigenvalue weighted by atomic mass is 10.0. The summed E-state index contributed by atoms with van der Waals surface area (Å²) in [4.78, 5) is 29.8. The van der Waals surface area contributed by atoms with Crippen molar-refractivity contribution in [2.45, 2.75) is 19.6 Å². The van der Waals surface area contributed by atoms with E-state index in [1.807, 2.05) is 6.07 Å². The van der Waals surface area contributed by atoms with Gasteiger partial charge in [-0.25, -0.2) is 14.5 Å². The number of carbonyl (C=O) groups is 2. The van der Waals surface area contributed by atoms with E-state index in [-0.39, 0.29) is 39.0 Å². The number of nitrogens with zero attached hydrogens (tertiary/aromatic N) is 8. The van der Waals surface area contributed by atoms with E-state index in [0.717, 1.165) is 10.7 Å². The van der Waals surface area contributed by atoms with Gasteiger partial charge >= 0.3 is 12.1 Å². The van der Waals surface area contributed by atoms with Crippen molar-refractivity contribution in [3.63, 3.8) is 0 Å². The number of amides is 1. The van der Waals surface area contributed by atoms with E-state index in [1.165, 1.54) is 37.4 Å². The molecule has 3 heterocycles. The summed E-state index contributed by atoms with van der Waals surface area (Å²) in [5.74, 6) is -3.64. The third-order valence-corrected chi connectivity index (χ3v) is 5.17. The summed E-state index contributed by atoms with van der Waals surface area (Å²) in [7, 11) is 0. The van der Waals surface area contributed by atoms with Crippen LogP contribution in [0, 0.1) is 18.3 Å². The van der Waals surface area contributed by atoms with Crippen LogP contribution in [0.5, 0.6) is 0 Å². The molecule has 0 atom stereocenters. The van der Waals surface area contributed by atoms with Crippen molar-refractivity contribution in [1.82, 2.24) is 35.0 Å². The van der Waals surface area contributed by atoms with Gasteiger partial charge in [-0.15, -0.1) is 10.2 Å². The molecule has 2 N–H and O–H groups in total. The minimum absolute atomic E-state index is 0.0260. The molecule has 0 fully saturated rings. The number of benzene rings is 1. The summed E-state index contributed by atoms with van der Waals surface area (Å²) in [5.41, 5.74) is -0.124. The molecule has 16 heteroatoms. The fourth-order valence-corrected chi connectivity index (χ4v) is 3.50. The Bertz CT molecular complexity index is 1570. The first-order valence-corrected chi connectivity index (χ1v) is 10.5. The lowest BCUT2D eigenvalue weighted by Crippen LogP contribution is -2.20. The van der Waals surface area contributed by atoms with Gasteiger partial charge in [0.1, 0.15) is 12.2 Å². The Balaban J connectivity index is 1.76. The summed E-state index contributed by atoms with van der Waals surface area (Å²) in [6, 6.07) is 8.60. The van der Waals surface area contributed by atoms with Gasteiger partial charge in [0, 0.05) is 6.20 Å². The number of carboxylic acid groups (broad SMARTS) is 1. The molecule has 1 aromatic carbocycles. The molecule has 12 nitrogen and oxygen atoms in total. The predicted octanol–water partition coefficient (Wildman–Crippen LogP) is 3.10. The first-order chi connectivity index (χ1) is 17.5. The van der Waals surface area contributed by atoms with E-state index in [1.54, 1.807) is 0 Å². The van der Waals surface area contributed by atoms with Gasteiger partial charge in [0.25, 0.3) is 11.7 Å². The van der Waals surface area contributed by atoms with Crippen LogP contribution in [0.25, 0.3) is 5.82 Å². The Morgan fingerprint density at radius 2 is 2.00 bits per heavy atom. The van der Waals surface area contributed by atoms with Crippen LogP contribution in [-0.4, -0.2) is 52.0 Å². The topological polar surface area (TPSA) is 164 Å². The first kappa shape index (κ1) is 25.3. The van der Waals surface area contributed by atoms with Crippen LogP contribution in [0.3, 0.4) is 0 Å². The van der Waals surface area contributed by atoms with Gasteiger partial charge in [-0.05, 0) is 48.0 Å². The van der Waals surface area contributed by atoms with Gasteiger partial charge in [0.05, 0.1) is 33.6 Å². The smallest absolute Gasteiger partial charge is 0.455 e. The average molecular weight is 532 g/mol. The van der Waals surface area contributed by atoms with Crippen LogP contribution in [0.1, 0.15) is 43.5 Å². The van der Waals surface area contributed by atoms with Gasteiger partial charge in [0.15, 0.2) is 5.82 Å². The van der Waals surface area contributed by atoms with Crippen LogP contribution in [-0.2, 0) is 12.7 Å². The summed E-state index contributed by atoms with van der Waals surface area (Å²) >= 11 is 6.22. The second kappa shape index (κ2) is 9.66. The number of halogens is 4. The molecule has 188 valence electrons. The highest BCUT2D eigenvalue weighted by Crippen LogP contribution is 2.27. The standard InChI is InChI=1S/C21H13ClF3N9O3/c1-10-5-11(8-26)6-13(19(36)37)16(10)28-18(35)15-7-12(9-33-31-20(29-32-33)21(23,24)25)30-34(15)17-14(22)3-2-4-27-17/h2-7H,9H2,1H3,(H,28,35)(H,36,37). The number of carboxylic acids is 1. The Morgan fingerprint density at radius 3 is 2.62 bits per heavy atom. The number of nitriles is 1. The van der Waals surface area contributed by atoms with Crippen LogP contribution in [0.15, 0.2) is 36.5 Å². The highest BCUT2D eigenvalue weighted by molar-refractivity contribution is 6.32. The number of aromatic nitrogens is 7. The summed E-state index contributed by atoms with van der Waals surface area (Å²) < 4.78 is 39.5. The fourth-order valence-electron chi connectivity index (χ4n) is 3.30. The summed E-state index contributed by atoms with van der Waals surface area (Å²) in [6.07, 6.45) is -3.42. The van der Waals surface area contributed by atoms with Gasteiger partial charge in [-0.2, -0.15) is 28.3 Å². The number of rotatable bonds is 6. The molecule has 0 aliphatic carbocycles. The van der Waals surface area contributed by atoms with E-state index >= 15 is 0 Å². The maximum Gasteiger partial charge on any atom is 0.455 e. The highest BCUT2D eigenvalue weighted by atomic mass is 35.5. The second-order valence-corrected chi connectivity index (χ2v) is 7.88. The van der Waals surface area contributed by atoms with Crippen LogP contribution < -0.4 is 5.32 Å². The van der Waals surface area contributed by atoms with Gasteiger partial charge < -0.3 is 10.4 Å². The number of hydrogen-bond donors (Lipinski definition) is 2. The molecule has 0 unspecified atom stereocenters. The molecule has 0 aliphatic rings. The third kappa shape index (κ3) is 5.23. The number of anilines is 1. The number of aromatic carboxylic acids is 1. The zero-order chi connectivity index (χ0) is 26.9. The molecule has 0 radical (unpaired) electrons. The molecule has 4 rings (SSSR count). The Morgan fingerprint density at radius 1 is 1.24 bits per heavy atom. The fraction of sp³-hybridized carbons (Fsp3) is 0.143. The molecule has 0 spiro atoms. The van der Waals surface area contributed by atoms with Gasteiger partial charge in [-0.1, -0.05) is 11.6 Å². The minimum atomic E-state index is -4.80. The number of aryl methyl sites for hydroxylation is 1. The zero-order valence-electron chi connectivity index (χ0n) is 18.5. The minimum Gasteiger partial charge on any atom is -0.478 e. The SMILES string of the molecule is Cc1cc(C#N)cc(C(=O)O)c1NC(=O)c1cc(Cn2nnc(C(F)(F)F)n2)nn1-c1ncccc1Cl. The van der Waals surface area contributed by atoms with Crippen LogP contribution >= 0.6 is 11.6 Å². The van der Waals surface area contributed by atoms with E-state index in [2.05, 4.69) is 30.8 Å². The zero-order valence-corrected chi connectivity index (χ0v) is 19.3. The maximum atomic E-state index is 13.3. The molecule has 37 heavy (non-hydrogen) atoms. The second-order valence-electron chi connectivity index (χ2n) is 7.47. The Labute approximate surface area is 209 Å². The first-order valence-electron chi connectivity index (χ1n) is 10.1. The van der Waals surface area contributed by atoms with Crippen LogP contribution in [0.4, 0.5) is 18.9 Å². The van der Waals surface area contributed by atoms with Gasteiger partial charge in [-0.3, -0.25) is 4.79 Å². The van der Waals surface area contributed by atoms with E-state index in [4.69, 9.17) is 16.9 Å². The Kier molecular flexibility index (Phi) is 6.60. The molecule has 3 aromatic heterocycles. The predicted molar refractivity (Wildman–Crippen MR) is 119 cm³/mol. The van der Waals surface area contributed by atoms with E-state index in [0.29, 0.717) is 10.4 Å². The molecule has 0 saturated heterocycles. The van der Waals surface area contributed by atoms with E-state index in [9.17, 15) is 27.9 Å². The molecular weight excluding hydrogens is 519 g/mol. The quantitative estimate of drug-likeness (QED) is 0.380. The highest BCUT2D eigenvalue weighted by Gasteiger charge is 2.37. The number of carbonyl (C=O) groups excluding carboxylic acids is 1. The van der Waals surface area contributed by atoms with Crippen molar-refractivity contribution in [1.29, 1.82) is 5.26 Å². The summed E-state index contributed by atoms with van der Waals surface area (Å²) in [5, 5.41) is 35.1. The molecule has 4 aromatic rings. The van der Waals surface area contributed by atoms with E-state index < -0.39 is 30.4 Å². The number of pyridine rings is 1. The van der Waals surface area contributed by atoms with Crippen molar-refractivity contribution < 1.29 is 27.9 Å². The van der Waals surface area contributed by atoms with Crippen LogP contribution in [0.2, 0.25) is 5.02 Å². The van der Waals surface area contributed by atoms with Crippen molar-refractivity contribution in [2.75, 3.05) is 5.32 Å². The lowest BCUT2D eigenvalue weighted by Gasteiger charge is -2.13. The number of alkyl halides is 3. The maximum absolute atomic E-state index is 13.3. The number of hydrogen-bond acceptors (Lipinski definition) is 8. The third-order valence-electron chi connectivity index (χ3n) is 4.88. The lowest BCUT2D eigenvalue weighted by molar-refractivity contribution is -0.145. The van der Waals surface area contributed by atoms with Crippen molar-refractivity contribution in [2.24, 2.45) is 0 Å². The molecule has 1 amide bonds. The van der Waals surface area contributed by atoms with Gasteiger partial charge in [0.2, 0.25) is 0 Å². The monoisotopic (exact) mass is 531 g/mol.